The lowest BCUT2D eigenvalue weighted by Gasteiger charge is -2.26. The fourth-order valence-electron chi connectivity index (χ4n) is 3.63. The van der Waals surface area contributed by atoms with E-state index in [9.17, 15) is 31.5 Å². The van der Waals surface area contributed by atoms with Crippen LogP contribution in [0.25, 0.3) is 22.8 Å². The maximum atomic E-state index is 14.4. The van der Waals surface area contributed by atoms with Crippen molar-refractivity contribution in [3.63, 3.8) is 0 Å². The molecule has 0 fully saturated rings. The highest BCUT2D eigenvalue weighted by Gasteiger charge is 2.52. The van der Waals surface area contributed by atoms with Crippen LogP contribution in [0.1, 0.15) is 50.3 Å². The van der Waals surface area contributed by atoms with Crippen LogP contribution in [0.2, 0.25) is 5.02 Å². The Bertz CT molecular complexity index is 1470. The van der Waals surface area contributed by atoms with Crippen molar-refractivity contribution in [3.8, 4) is 22.8 Å². The normalized spacial score (nSPS) is 12.5. The lowest BCUT2D eigenvalue weighted by Crippen LogP contribution is -2.46. The molecule has 3 aromatic rings. The second-order valence-electron chi connectivity index (χ2n) is 9.73. The number of amides is 1. The summed E-state index contributed by atoms with van der Waals surface area (Å²) in [5.74, 6) is -4.83. The molecule has 208 valence electrons. The summed E-state index contributed by atoms with van der Waals surface area (Å²) in [6.07, 6.45) is -4.19. The molecule has 0 unspecified atom stereocenters. The van der Waals surface area contributed by atoms with Crippen LogP contribution in [-0.4, -0.2) is 27.0 Å². The molecule has 2 aromatic carbocycles. The Morgan fingerprint density at radius 3 is 2.36 bits per heavy atom. The monoisotopic (exact) mass is 568 g/mol. The number of benzene rings is 2. The van der Waals surface area contributed by atoms with Gasteiger partial charge in [0.2, 0.25) is 5.91 Å². The van der Waals surface area contributed by atoms with Crippen LogP contribution in [-0.2, 0) is 17.3 Å². The van der Waals surface area contributed by atoms with Gasteiger partial charge in [-0.05, 0) is 55.2 Å². The molecule has 0 aliphatic rings. The molecule has 6 nitrogen and oxygen atoms in total. The van der Waals surface area contributed by atoms with Gasteiger partial charge in [0.05, 0.1) is 5.02 Å². The molecule has 0 bridgehead atoms. The third-order valence-corrected chi connectivity index (χ3v) is 6.54. The summed E-state index contributed by atoms with van der Waals surface area (Å²) in [7, 11) is 0. The summed E-state index contributed by atoms with van der Waals surface area (Å²) in [5.41, 5.74) is -2.38. The van der Waals surface area contributed by atoms with Crippen molar-refractivity contribution in [1.82, 2.24) is 20.3 Å². The highest BCUT2D eigenvalue weighted by atomic mass is 35.5. The SMILES string of the molecule is C=CC(F)(F)c1ccc(-c2nc(-c3cc(CNC(=O)C(C)(C)C(F)(F)F)ccc3Cl)[nH]c(=O)n2)cc1C(C)C. The van der Waals surface area contributed by atoms with Crippen molar-refractivity contribution < 1.29 is 26.7 Å². The number of halogens is 6. The van der Waals surface area contributed by atoms with Crippen LogP contribution >= 0.6 is 11.6 Å². The van der Waals surface area contributed by atoms with Crippen molar-refractivity contribution in [2.45, 2.75) is 52.3 Å². The Morgan fingerprint density at radius 2 is 1.77 bits per heavy atom. The molecule has 1 aromatic heterocycles. The van der Waals surface area contributed by atoms with Crippen molar-refractivity contribution in [2.24, 2.45) is 5.41 Å². The summed E-state index contributed by atoms with van der Waals surface area (Å²) in [6, 6.07) is 8.48. The number of H-pyrrole nitrogens is 1. The predicted molar refractivity (Wildman–Crippen MR) is 138 cm³/mol. The second kappa shape index (κ2) is 10.9. The molecular weight excluding hydrogens is 543 g/mol. The Hall–Kier alpha value is -3.60. The lowest BCUT2D eigenvalue weighted by atomic mass is 9.91. The van der Waals surface area contributed by atoms with E-state index in [0.29, 0.717) is 22.8 Å². The number of nitrogens with zero attached hydrogens (tertiary/aromatic N) is 2. The first kappa shape index (κ1) is 29.9. The van der Waals surface area contributed by atoms with E-state index in [1.54, 1.807) is 13.8 Å². The quantitative estimate of drug-likeness (QED) is 0.232. The van der Waals surface area contributed by atoms with E-state index in [0.717, 1.165) is 13.8 Å². The summed E-state index contributed by atoms with van der Waals surface area (Å²) >= 11 is 6.32. The largest absolute Gasteiger partial charge is 0.402 e. The van der Waals surface area contributed by atoms with Gasteiger partial charge in [-0.3, -0.25) is 9.78 Å². The van der Waals surface area contributed by atoms with Crippen LogP contribution in [0.15, 0.2) is 53.8 Å². The van der Waals surface area contributed by atoms with Crippen LogP contribution in [0.4, 0.5) is 22.0 Å². The molecule has 0 atom stereocenters. The van der Waals surface area contributed by atoms with Gasteiger partial charge in [-0.15, -0.1) is 0 Å². The molecule has 0 radical (unpaired) electrons. The fraction of sp³-hybridized carbons (Fsp3) is 0.333. The van der Waals surface area contributed by atoms with Crippen LogP contribution in [0, 0.1) is 5.41 Å². The average Bonchev–Trinajstić information content (AvgIpc) is 2.86. The first-order chi connectivity index (χ1) is 18.0. The fourth-order valence-corrected chi connectivity index (χ4v) is 3.84. The van der Waals surface area contributed by atoms with Gasteiger partial charge in [0.1, 0.15) is 11.2 Å². The number of rotatable bonds is 8. The maximum absolute atomic E-state index is 14.4. The molecule has 0 spiro atoms. The van der Waals surface area contributed by atoms with E-state index in [1.807, 2.05) is 0 Å². The average molecular weight is 569 g/mol. The third-order valence-electron chi connectivity index (χ3n) is 6.21. The van der Waals surface area contributed by atoms with Crippen LogP contribution in [0.3, 0.4) is 0 Å². The molecule has 0 aliphatic carbocycles. The highest BCUT2D eigenvalue weighted by molar-refractivity contribution is 6.33. The van der Waals surface area contributed by atoms with E-state index in [4.69, 9.17) is 11.6 Å². The van der Waals surface area contributed by atoms with E-state index >= 15 is 0 Å². The Balaban J connectivity index is 2.00. The number of carbonyl (C=O) groups excluding carboxylic acids is 1. The first-order valence-corrected chi connectivity index (χ1v) is 12.1. The van der Waals surface area contributed by atoms with Gasteiger partial charge in [-0.1, -0.05) is 50.2 Å². The molecule has 2 N–H and O–H groups in total. The van der Waals surface area contributed by atoms with Crippen molar-refractivity contribution in [3.05, 3.63) is 81.3 Å². The van der Waals surface area contributed by atoms with Crippen molar-refractivity contribution >= 4 is 17.5 Å². The van der Waals surface area contributed by atoms with Gasteiger partial charge in [0.25, 0.3) is 5.92 Å². The molecule has 1 amide bonds. The zero-order chi connectivity index (χ0) is 29.3. The summed E-state index contributed by atoms with van der Waals surface area (Å²) in [4.78, 5) is 35.3. The molecule has 0 saturated carbocycles. The molecule has 3 rings (SSSR count). The Kier molecular flexibility index (Phi) is 8.35. The predicted octanol–water partition coefficient (Wildman–Crippen LogP) is 6.76. The number of carbonyl (C=O) groups is 1. The van der Waals surface area contributed by atoms with Crippen molar-refractivity contribution in [1.29, 1.82) is 0 Å². The Labute approximate surface area is 226 Å². The summed E-state index contributed by atoms with van der Waals surface area (Å²) in [5, 5.41) is 2.41. The Morgan fingerprint density at radius 1 is 1.10 bits per heavy atom. The number of aromatic amines is 1. The maximum Gasteiger partial charge on any atom is 0.402 e. The van der Waals surface area contributed by atoms with E-state index in [2.05, 4.69) is 26.8 Å². The third kappa shape index (κ3) is 6.35. The lowest BCUT2D eigenvalue weighted by molar-refractivity contribution is -0.211. The number of allylic oxidation sites excluding steroid dienone is 1. The number of nitrogens with one attached hydrogen (secondary N) is 2. The molecular formula is C27H26ClF5N4O2. The molecule has 1 heterocycles. The van der Waals surface area contributed by atoms with Crippen molar-refractivity contribution in [2.75, 3.05) is 0 Å². The number of hydrogen-bond donors (Lipinski definition) is 2. The van der Waals surface area contributed by atoms with Gasteiger partial charge in [0, 0.05) is 23.2 Å². The van der Waals surface area contributed by atoms with Gasteiger partial charge < -0.3 is 5.32 Å². The minimum Gasteiger partial charge on any atom is -0.351 e. The molecule has 0 aliphatic heterocycles. The number of hydrogen-bond acceptors (Lipinski definition) is 4. The number of alkyl halides is 5. The van der Waals surface area contributed by atoms with Gasteiger partial charge in [-0.2, -0.15) is 26.9 Å². The molecule has 12 heteroatoms. The topological polar surface area (TPSA) is 87.7 Å². The standard InChI is InChI=1S/C27H26ClF5N4O2/c1-6-26(29,30)19-9-8-16(12-17(19)14(2)3)21-35-22(37-24(39)36-21)18-11-15(7-10-20(18)28)13-34-23(38)25(4,5)27(31,32)33/h6-12,14H,1,13H2,2-5H3,(H,34,38)(H,35,36,37,39). The first-order valence-electron chi connectivity index (χ1n) is 11.8. The van der Waals surface area contributed by atoms with Gasteiger partial charge in [-0.25, -0.2) is 9.78 Å². The molecule has 39 heavy (non-hydrogen) atoms. The van der Waals surface area contributed by atoms with Crippen LogP contribution in [0.5, 0.6) is 0 Å². The number of aromatic nitrogens is 3. The van der Waals surface area contributed by atoms with E-state index < -0.39 is 29.1 Å². The summed E-state index contributed by atoms with van der Waals surface area (Å²) < 4.78 is 68.3. The summed E-state index contributed by atoms with van der Waals surface area (Å²) in [6.45, 7) is 7.99. The minimum absolute atomic E-state index is 0.00890. The van der Waals surface area contributed by atoms with E-state index in [1.165, 1.54) is 36.4 Å². The zero-order valence-corrected chi connectivity index (χ0v) is 22.3. The smallest absolute Gasteiger partial charge is 0.351 e. The van der Waals surface area contributed by atoms with Crippen LogP contribution < -0.4 is 11.0 Å². The van der Waals surface area contributed by atoms with Gasteiger partial charge >= 0.3 is 11.9 Å². The zero-order valence-electron chi connectivity index (χ0n) is 21.5. The molecule has 0 saturated heterocycles. The minimum atomic E-state index is -4.74. The van der Waals surface area contributed by atoms with E-state index in [-0.39, 0.29) is 40.3 Å². The van der Waals surface area contributed by atoms with Gasteiger partial charge in [0.15, 0.2) is 5.82 Å². The highest BCUT2D eigenvalue weighted by Crippen LogP contribution is 2.38. The second-order valence-corrected chi connectivity index (χ2v) is 10.1.